The van der Waals surface area contributed by atoms with E-state index < -0.39 is 11.6 Å². The molecule has 1 heterocycles. The molecule has 1 N–H and O–H groups in total. The van der Waals surface area contributed by atoms with Gasteiger partial charge in [-0.1, -0.05) is 6.92 Å². The van der Waals surface area contributed by atoms with Crippen LogP contribution in [0.1, 0.15) is 44.7 Å². The van der Waals surface area contributed by atoms with Crippen LogP contribution < -0.4 is 5.32 Å². The highest BCUT2D eigenvalue weighted by atomic mass is 19.1. The lowest BCUT2D eigenvalue weighted by Gasteiger charge is -2.30. The van der Waals surface area contributed by atoms with Crippen LogP contribution >= 0.6 is 0 Å². The van der Waals surface area contributed by atoms with Crippen LogP contribution in [-0.2, 0) is 0 Å². The van der Waals surface area contributed by atoms with Crippen molar-refractivity contribution in [2.75, 3.05) is 26.2 Å². The molecule has 0 spiro atoms. The normalized spacial score (nSPS) is 18.9. The first-order valence-corrected chi connectivity index (χ1v) is 7.96. The molecule has 1 aromatic carbocycles. The molecule has 0 aromatic heterocycles. The standard InChI is InChI=1S/C17H26F2N2/c1-13-4-8-21(9-5-13)7-3-6-20-14(2)15-10-16(18)12-17(19)11-15/h10-14,20H,3-9H2,1-2H3. The van der Waals surface area contributed by atoms with Gasteiger partial charge in [-0.05, 0) is 76.0 Å². The van der Waals surface area contributed by atoms with Crippen molar-refractivity contribution in [1.29, 1.82) is 0 Å². The second kappa shape index (κ2) is 7.85. The van der Waals surface area contributed by atoms with Gasteiger partial charge < -0.3 is 10.2 Å². The van der Waals surface area contributed by atoms with Crippen LogP contribution in [0.25, 0.3) is 0 Å². The van der Waals surface area contributed by atoms with Gasteiger partial charge in [0, 0.05) is 12.1 Å². The van der Waals surface area contributed by atoms with Gasteiger partial charge in [0.15, 0.2) is 0 Å². The average Bonchev–Trinajstić information content (AvgIpc) is 2.44. The number of rotatable bonds is 6. The van der Waals surface area contributed by atoms with Gasteiger partial charge in [-0.15, -0.1) is 0 Å². The van der Waals surface area contributed by atoms with E-state index in [1.54, 1.807) is 0 Å². The van der Waals surface area contributed by atoms with Crippen LogP contribution in [0.2, 0.25) is 0 Å². The van der Waals surface area contributed by atoms with Crippen molar-refractivity contribution in [2.45, 2.75) is 39.2 Å². The van der Waals surface area contributed by atoms with E-state index in [-0.39, 0.29) is 6.04 Å². The van der Waals surface area contributed by atoms with E-state index in [9.17, 15) is 8.78 Å². The molecule has 0 bridgehead atoms. The minimum absolute atomic E-state index is 0.0309. The number of nitrogens with zero attached hydrogens (tertiary/aromatic N) is 1. The molecule has 0 saturated carbocycles. The van der Waals surface area contributed by atoms with Crippen molar-refractivity contribution >= 4 is 0 Å². The van der Waals surface area contributed by atoms with Gasteiger partial charge in [0.2, 0.25) is 0 Å². The third-order valence-corrected chi connectivity index (χ3v) is 4.36. The van der Waals surface area contributed by atoms with Crippen LogP contribution in [-0.4, -0.2) is 31.1 Å². The Hall–Kier alpha value is -1.00. The molecule has 1 aliphatic heterocycles. The average molecular weight is 296 g/mol. The number of nitrogens with one attached hydrogen (secondary N) is 1. The van der Waals surface area contributed by atoms with Gasteiger partial charge in [0.1, 0.15) is 11.6 Å². The molecule has 0 aliphatic carbocycles. The summed E-state index contributed by atoms with van der Waals surface area (Å²) in [5.41, 5.74) is 0.666. The lowest BCUT2D eigenvalue weighted by Crippen LogP contribution is -2.35. The maximum Gasteiger partial charge on any atom is 0.126 e. The summed E-state index contributed by atoms with van der Waals surface area (Å²) in [5, 5.41) is 3.34. The Bertz CT molecular complexity index is 422. The first-order chi connectivity index (χ1) is 10.0. The van der Waals surface area contributed by atoms with Crippen molar-refractivity contribution in [1.82, 2.24) is 10.2 Å². The second-order valence-electron chi connectivity index (χ2n) is 6.26. The van der Waals surface area contributed by atoms with Crippen LogP contribution in [0, 0.1) is 17.6 Å². The van der Waals surface area contributed by atoms with E-state index in [1.807, 2.05) is 6.92 Å². The van der Waals surface area contributed by atoms with Crippen LogP contribution in [0.4, 0.5) is 8.78 Å². The van der Waals surface area contributed by atoms with Crippen molar-refractivity contribution < 1.29 is 8.78 Å². The zero-order valence-electron chi connectivity index (χ0n) is 13.0. The smallest absolute Gasteiger partial charge is 0.126 e. The molecule has 1 aromatic rings. The van der Waals surface area contributed by atoms with E-state index in [4.69, 9.17) is 0 Å². The third-order valence-electron chi connectivity index (χ3n) is 4.36. The number of hydrogen-bond acceptors (Lipinski definition) is 2. The SMILES string of the molecule is CC1CCN(CCCNC(C)c2cc(F)cc(F)c2)CC1. The largest absolute Gasteiger partial charge is 0.310 e. The molecule has 1 atom stereocenters. The van der Waals surface area contributed by atoms with Crippen LogP contribution in [0.5, 0.6) is 0 Å². The van der Waals surface area contributed by atoms with Gasteiger partial charge in [-0.3, -0.25) is 0 Å². The Morgan fingerprint density at radius 2 is 1.81 bits per heavy atom. The fourth-order valence-corrected chi connectivity index (χ4v) is 2.85. The highest BCUT2D eigenvalue weighted by Gasteiger charge is 2.15. The number of hydrogen-bond donors (Lipinski definition) is 1. The van der Waals surface area contributed by atoms with E-state index in [2.05, 4.69) is 17.1 Å². The summed E-state index contributed by atoms with van der Waals surface area (Å²) in [7, 11) is 0. The molecule has 0 radical (unpaired) electrons. The van der Waals surface area contributed by atoms with Gasteiger partial charge >= 0.3 is 0 Å². The fraction of sp³-hybridized carbons (Fsp3) is 0.647. The highest BCUT2D eigenvalue weighted by Crippen LogP contribution is 2.17. The topological polar surface area (TPSA) is 15.3 Å². The lowest BCUT2D eigenvalue weighted by atomic mass is 9.99. The Kier molecular flexibility index (Phi) is 6.12. The van der Waals surface area contributed by atoms with E-state index in [1.165, 1.54) is 38.1 Å². The molecule has 1 aliphatic rings. The predicted molar refractivity (Wildman–Crippen MR) is 82.2 cm³/mol. The summed E-state index contributed by atoms with van der Waals surface area (Å²) in [6.45, 7) is 8.63. The molecule has 4 heteroatoms. The Morgan fingerprint density at radius 1 is 1.19 bits per heavy atom. The maximum atomic E-state index is 13.2. The highest BCUT2D eigenvalue weighted by molar-refractivity contribution is 5.20. The zero-order chi connectivity index (χ0) is 15.2. The number of likely N-dealkylation sites (tertiary alicyclic amines) is 1. The minimum atomic E-state index is -0.513. The first kappa shape index (κ1) is 16.4. The molecule has 1 saturated heterocycles. The lowest BCUT2D eigenvalue weighted by molar-refractivity contribution is 0.190. The molecule has 1 fully saturated rings. The maximum absolute atomic E-state index is 13.2. The molecule has 118 valence electrons. The molecule has 2 nitrogen and oxygen atoms in total. The summed E-state index contributed by atoms with van der Waals surface area (Å²) < 4.78 is 26.4. The molecule has 2 rings (SSSR count). The van der Waals surface area contributed by atoms with Gasteiger partial charge in [-0.2, -0.15) is 0 Å². The second-order valence-corrected chi connectivity index (χ2v) is 6.26. The Balaban J connectivity index is 1.68. The molecular formula is C17H26F2N2. The first-order valence-electron chi connectivity index (χ1n) is 7.96. The van der Waals surface area contributed by atoms with Crippen LogP contribution in [0.15, 0.2) is 18.2 Å². The Labute approximate surface area is 126 Å². The summed E-state index contributed by atoms with van der Waals surface area (Å²) in [5.74, 6) is -0.163. The number of halogens is 2. The summed E-state index contributed by atoms with van der Waals surface area (Å²) >= 11 is 0. The van der Waals surface area contributed by atoms with Gasteiger partial charge in [-0.25, -0.2) is 8.78 Å². The molecule has 21 heavy (non-hydrogen) atoms. The van der Waals surface area contributed by atoms with E-state index in [0.717, 1.165) is 31.5 Å². The van der Waals surface area contributed by atoms with Crippen molar-refractivity contribution in [3.8, 4) is 0 Å². The van der Waals surface area contributed by atoms with E-state index in [0.29, 0.717) is 5.56 Å². The molecule has 0 amide bonds. The number of piperidine rings is 1. The fourth-order valence-electron chi connectivity index (χ4n) is 2.85. The predicted octanol–water partition coefficient (Wildman–Crippen LogP) is 3.74. The van der Waals surface area contributed by atoms with E-state index >= 15 is 0 Å². The van der Waals surface area contributed by atoms with Gasteiger partial charge in [0.05, 0.1) is 0 Å². The van der Waals surface area contributed by atoms with Gasteiger partial charge in [0.25, 0.3) is 0 Å². The zero-order valence-corrected chi connectivity index (χ0v) is 13.0. The van der Waals surface area contributed by atoms with Crippen LogP contribution in [0.3, 0.4) is 0 Å². The Morgan fingerprint density at radius 3 is 2.43 bits per heavy atom. The van der Waals surface area contributed by atoms with Crippen molar-refractivity contribution in [3.05, 3.63) is 35.4 Å². The van der Waals surface area contributed by atoms with Crippen molar-refractivity contribution in [2.24, 2.45) is 5.92 Å². The quantitative estimate of drug-likeness (QED) is 0.805. The summed E-state index contributed by atoms with van der Waals surface area (Å²) in [4.78, 5) is 2.51. The number of benzene rings is 1. The summed E-state index contributed by atoms with van der Waals surface area (Å²) in [6, 6.07) is 3.67. The van der Waals surface area contributed by atoms with Crippen molar-refractivity contribution in [3.63, 3.8) is 0 Å². The molecular weight excluding hydrogens is 270 g/mol. The molecule has 1 unspecified atom stereocenters. The monoisotopic (exact) mass is 296 g/mol. The minimum Gasteiger partial charge on any atom is -0.310 e. The summed E-state index contributed by atoms with van der Waals surface area (Å²) in [6.07, 6.45) is 3.66. The third kappa shape index (κ3) is 5.36.